The van der Waals surface area contributed by atoms with E-state index in [1.807, 2.05) is 0 Å². The standard InChI is InChI=1S/C11H16F3N3O4/c1-9(2)6(18)15-4-5-17(9)8(21)16-10(3,7(19)20)11(12,13)14/h4-5H2,1-3H3,(H,15,18)(H,16,21)(H,19,20). The van der Waals surface area contributed by atoms with Crippen LogP contribution in [0.1, 0.15) is 20.8 Å². The van der Waals surface area contributed by atoms with E-state index in [9.17, 15) is 27.6 Å². The van der Waals surface area contributed by atoms with Crippen LogP contribution in [0.25, 0.3) is 0 Å². The van der Waals surface area contributed by atoms with Crippen LogP contribution < -0.4 is 10.6 Å². The Balaban J connectivity index is 3.04. The molecule has 1 aliphatic heterocycles. The molecule has 3 amide bonds. The van der Waals surface area contributed by atoms with Crippen molar-refractivity contribution in [1.82, 2.24) is 15.5 Å². The fraction of sp³-hybridized carbons (Fsp3) is 0.727. The first kappa shape index (κ1) is 17.1. The maximum Gasteiger partial charge on any atom is 0.422 e. The van der Waals surface area contributed by atoms with Crippen molar-refractivity contribution in [2.45, 2.75) is 38.0 Å². The summed E-state index contributed by atoms with van der Waals surface area (Å²) in [4.78, 5) is 35.4. The van der Waals surface area contributed by atoms with E-state index in [1.54, 1.807) is 0 Å². The summed E-state index contributed by atoms with van der Waals surface area (Å²) >= 11 is 0. The van der Waals surface area contributed by atoms with Crippen molar-refractivity contribution in [2.24, 2.45) is 0 Å². The summed E-state index contributed by atoms with van der Waals surface area (Å²) in [6.07, 6.45) is -5.18. The Labute approximate surface area is 118 Å². The number of hydrogen-bond donors (Lipinski definition) is 3. The molecular weight excluding hydrogens is 295 g/mol. The number of rotatable bonds is 2. The van der Waals surface area contributed by atoms with Gasteiger partial charge in [-0.2, -0.15) is 13.2 Å². The van der Waals surface area contributed by atoms with Crippen LogP contribution in [-0.4, -0.2) is 58.3 Å². The molecule has 0 aromatic carbocycles. The lowest BCUT2D eigenvalue weighted by Gasteiger charge is -2.42. The second kappa shape index (κ2) is 5.08. The molecule has 1 rings (SSSR count). The predicted octanol–water partition coefficient (Wildman–Crippen LogP) is 0.312. The van der Waals surface area contributed by atoms with E-state index in [4.69, 9.17) is 5.11 Å². The number of halogens is 3. The molecule has 1 unspecified atom stereocenters. The number of carboxylic acid groups (broad SMARTS) is 1. The Morgan fingerprint density at radius 1 is 1.38 bits per heavy atom. The monoisotopic (exact) mass is 311 g/mol. The second-order valence-corrected chi connectivity index (χ2v) is 5.32. The fourth-order valence-electron chi connectivity index (χ4n) is 1.78. The van der Waals surface area contributed by atoms with E-state index in [0.29, 0.717) is 6.92 Å². The number of alkyl halides is 3. The minimum atomic E-state index is -5.18. The van der Waals surface area contributed by atoms with E-state index in [-0.39, 0.29) is 13.1 Å². The zero-order valence-corrected chi connectivity index (χ0v) is 11.7. The van der Waals surface area contributed by atoms with Gasteiger partial charge in [0.2, 0.25) is 11.4 Å². The van der Waals surface area contributed by atoms with Gasteiger partial charge in [-0.25, -0.2) is 9.59 Å². The number of carbonyl (C=O) groups is 3. The van der Waals surface area contributed by atoms with E-state index < -0.39 is 35.2 Å². The predicted molar refractivity (Wildman–Crippen MR) is 64.4 cm³/mol. The maximum absolute atomic E-state index is 12.9. The van der Waals surface area contributed by atoms with Crippen LogP contribution in [0.4, 0.5) is 18.0 Å². The molecule has 0 aromatic heterocycles. The lowest BCUT2D eigenvalue weighted by Crippen LogP contribution is -2.70. The molecule has 0 radical (unpaired) electrons. The molecule has 3 N–H and O–H groups in total. The molecular formula is C11H16F3N3O4. The third-order valence-corrected chi connectivity index (χ3v) is 3.45. The maximum atomic E-state index is 12.9. The van der Waals surface area contributed by atoms with Gasteiger partial charge in [0.05, 0.1) is 0 Å². The summed E-state index contributed by atoms with van der Waals surface area (Å²) in [6, 6.07) is -1.27. The first-order chi connectivity index (χ1) is 9.34. The van der Waals surface area contributed by atoms with Crippen molar-refractivity contribution in [2.75, 3.05) is 13.1 Å². The summed E-state index contributed by atoms with van der Waals surface area (Å²) in [5.41, 5.74) is -4.82. The lowest BCUT2D eigenvalue weighted by molar-refractivity contribution is -0.203. The molecule has 1 heterocycles. The van der Waals surface area contributed by atoms with Gasteiger partial charge in [-0.3, -0.25) is 4.79 Å². The quantitative estimate of drug-likeness (QED) is 0.683. The molecule has 120 valence electrons. The number of carbonyl (C=O) groups excluding carboxylic acids is 2. The Kier molecular flexibility index (Phi) is 4.13. The molecule has 0 bridgehead atoms. The summed E-state index contributed by atoms with van der Waals surface area (Å²) < 4.78 is 38.6. The van der Waals surface area contributed by atoms with Crippen LogP contribution in [0, 0.1) is 0 Å². The van der Waals surface area contributed by atoms with Gasteiger partial charge in [-0.05, 0) is 20.8 Å². The van der Waals surface area contributed by atoms with Gasteiger partial charge in [0.25, 0.3) is 0 Å². The topological polar surface area (TPSA) is 98.7 Å². The number of aliphatic carboxylic acids is 1. The highest BCUT2D eigenvalue weighted by Gasteiger charge is 2.59. The second-order valence-electron chi connectivity index (χ2n) is 5.32. The number of carboxylic acids is 1. The average Bonchev–Trinajstić information content (AvgIpc) is 2.30. The lowest BCUT2D eigenvalue weighted by atomic mass is 9.98. The average molecular weight is 311 g/mol. The molecule has 0 spiro atoms. The van der Waals surface area contributed by atoms with Crippen LogP contribution in [0.3, 0.4) is 0 Å². The largest absolute Gasteiger partial charge is 0.479 e. The number of nitrogens with zero attached hydrogens (tertiary/aromatic N) is 1. The minimum absolute atomic E-state index is 0.0296. The molecule has 0 aliphatic carbocycles. The van der Waals surface area contributed by atoms with Crippen LogP contribution in [0.2, 0.25) is 0 Å². The third-order valence-electron chi connectivity index (χ3n) is 3.45. The molecule has 0 saturated carbocycles. The molecule has 21 heavy (non-hydrogen) atoms. The summed E-state index contributed by atoms with van der Waals surface area (Å²) in [7, 11) is 0. The van der Waals surface area contributed by atoms with Crippen molar-refractivity contribution in [3.8, 4) is 0 Å². The Hall–Kier alpha value is -2.00. The van der Waals surface area contributed by atoms with Crippen LogP contribution in [0.15, 0.2) is 0 Å². The Bertz CT molecular complexity index is 478. The number of piperazine rings is 1. The molecule has 1 aliphatic rings. The highest BCUT2D eigenvalue weighted by Crippen LogP contribution is 2.31. The minimum Gasteiger partial charge on any atom is -0.479 e. The SMILES string of the molecule is CC1(C)C(=O)NCCN1C(=O)NC(C)(C(=O)O)C(F)(F)F. The smallest absolute Gasteiger partial charge is 0.422 e. The summed E-state index contributed by atoms with van der Waals surface area (Å²) in [5.74, 6) is -2.77. The number of urea groups is 1. The van der Waals surface area contributed by atoms with Crippen molar-refractivity contribution in [3.05, 3.63) is 0 Å². The van der Waals surface area contributed by atoms with Crippen LogP contribution in [-0.2, 0) is 9.59 Å². The van der Waals surface area contributed by atoms with Crippen LogP contribution in [0.5, 0.6) is 0 Å². The molecule has 1 atom stereocenters. The Morgan fingerprint density at radius 3 is 2.33 bits per heavy atom. The van der Waals surface area contributed by atoms with Crippen molar-refractivity contribution in [1.29, 1.82) is 0 Å². The number of hydrogen-bond acceptors (Lipinski definition) is 3. The van der Waals surface area contributed by atoms with E-state index in [0.717, 1.165) is 4.90 Å². The van der Waals surface area contributed by atoms with Gasteiger partial charge >= 0.3 is 18.2 Å². The molecule has 1 fully saturated rings. The zero-order chi connectivity index (χ0) is 16.6. The Morgan fingerprint density at radius 2 is 1.90 bits per heavy atom. The van der Waals surface area contributed by atoms with E-state index in [1.165, 1.54) is 19.2 Å². The van der Waals surface area contributed by atoms with E-state index in [2.05, 4.69) is 5.32 Å². The highest BCUT2D eigenvalue weighted by molar-refractivity contribution is 5.93. The molecule has 7 nitrogen and oxygen atoms in total. The molecule has 1 saturated heterocycles. The van der Waals surface area contributed by atoms with Gasteiger partial charge in [0.1, 0.15) is 5.54 Å². The highest BCUT2D eigenvalue weighted by atomic mass is 19.4. The van der Waals surface area contributed by atoms with E-state index >= 15 is 0 Å². The molecule has 10 heteroatoms. The van der Waals surface area contributed by atoms with Gasteiger partial charge in [0, 0.05) is 13.1 Å². The summed E-state index contributed by atoms with van der Waals surface area (Å²) in [6.45, 7) is 3.10. The first-order valence-electron chi connectivity index (χ1n) is 6.02. The van der Waals surface area contributed by atoms with Crippen molar-refractivity contribution in [3.63, 3.8) is 0 Å². The fourth-order valence-corrected chi connectivity index (χ4v) is 1.78. The normalized spacial score (nSPS) is 21.2. The number of nitrogens with one attached hydrogen (secondary N) is 2. The van der Waals surface area contributed by atoms with Crippen molar-refractivity contribution < 1.29 is 32.7 Å². The third kappa shape index (κ3) is 2.88. The van der Waals surface area contributed by atoms with Gasteiger partial charge in [-0.1, -0.05) is 0 Å². The van der Waals surface area contributed by atoms with Gasteiger partial charge < -0.3 is 20.6 Å². The van der Waals surface area contributed by atoms with Gasteiger partial charge in [0.15, 0.2) is 0 Å². The van der Waals surface area contributed by atoms with Gasteiger partial charge in [-0.15, -0.1) is 0 Å². The first-order valence-corrected chi connectivity index (χ1v) is 6.02. The molecule has 0 aromatic rings. The summed E-state index contributed by atoms with van der Waals surface area (Å²) in [5, 5.41) is 12.7. The zero-order valence-electron chi connectivity index (χ0n) is 11.7. The van der Waals surface area contributed by atoms with Crippen molar-refractivity contribution >= 4 is 17.9 Å². The number of amides is 3. The van der Waals surface area contributed by atoms with Crippen LogP contribution >= 0.6 is 0 Å².